The van der Waals surface area contributed by atoms with Crippen molar-refractivity contribution in [2.24, 2.45) is 11.3 Å². The summed E-state index contributed by atoms with van der Waals surface area (Å²) in [5, 5.41) is 0. The fraction of sp³-hybridized carbons (Fsp3) is 0.824. The van der Waals surface area contributed by atoms with Crippen molar-refractivity contribution in [3.05, 3.63) is 0 Å². The summed E-state index contributed by atoms with van der Waals surface area (Å²) in [4.78, 5) is 38.0. The Kier molecular flexibility index (Phi) is 5.01. The molecule has 130 valence electrons. The molecule has 0 bridgehead atoms. The van der Waals surface area contributed by atoms with E-state index in [9.17, 15) is 14.4 Å². The molecule has 2 fully saturated rings. The Morgan fingerprint density at radius 1 is 1.30 bits per heavy atom. The molecule has 2 atom stereocenters. The van der Waals surface area contributed by atoms with Gasteiger partial charge in [0.15, 0.2) is 0 Å². The number of ketones is 1. The molecule has 23 heavy (non-hydrogen) atoms. The molecule has 0 N–H and O–H groups in total. The predicted molar refractivity (Wildman–Crippen MR) is 83.8 cm³/mol. The zero-order valence-electron chi connectivity index (χ0n) is 14.5. The lowest BCUT2D eigenvalue weighted by Crippen LogP contribution is -2.42. The van der Waals surface area contributed by atoms with Crippen LogP contribution in [0.3, 0.4) is 0 Å². The number of hydrogen-bond donors (Lipinski definition) is 0. The van der Waals surface area contributed by atoms with Gasteiger partial charge in [0.25, 0.3) is 0 Å². The van der Waals surface area contributed by atoms with Gasteiger partial charge in [-0.1, -0.05) is 0 Å². The molecule has 1 heterocycles. The third kappa shape index (κ3) is 4.24. The highest BCUT2D eigenvalue weighted by molar-refractivity contribution is 5.99. The number of rotatable bonds is 2. The Bertz CT molecular complexity index is 496. The van der Waals surface area contributed by atoms with Crippen molar-refractivity contribution >= 4 is 17.8 Å². The first-order chi connectivity index (χ1) is 10.7. The Balaban J connectivity index is 2.02. The third-order valence-corrected chi connectivity index (χ3v) is 4.59. The molecule has 0 radical (unpaired) electrons. The van der Waals surface area contributed by atoms with E-state index in [1.807, 2.05) is 20.8 Å². The molecule has 0 aromatic carbocycles. The van der Waals surface area contributed by atoms with Gasteiger partial charge in [-0.3, -0.25) is 9.59 Å². The summed E-state index contributed by atoms with van der Waals surface area (Å²) >= 11 is 0. The SMILES string of the molecule is CCOC(=O)C1CC2(CCC1=O)CCN(C(=O)OC(C)(C)C)C2. The summed E-state index contributed by atoms with van der Waals surface area (Å²) in [5.41, 5.74) is -0.689. The topological polar surface area (TPSA) is 72.9 Å². The summed E-state index contributed by atoms with van der Waals surface area (Å²) in [6.07, 6.45) is 2.06. The average Bonchev–Trinajstić information content (AvgIpc) is 2.85. The van der Waals surface area contributed by atoms with Crippen LogP contribution in [-0.4, -0.2) is 48.0 Å². The molecule has 1 aliphatic carbocycles. The zero-order chi connectivity index (χ0) is 17.3. The molecule has 0 aromatic heterocycles. The molecule has 1 saturated carbocycles. The molecular weight excluding hydrogens is 298 g/mol. The number of ether oxygens (including phenoxy) is 2. The van der Waals surface area contributed by atoms with Gasteiger partial charge in [0.2, 0.25) is 0 Å². The van der Waals surface area contributed by atoms with Crippen LogP contribution in [0.5, 0.6) is 0 Å². The number of likely N-dealkylation sites (tertiary alicyclic amines) is 1. The Labute approximate surface area is 137 Å². The highest BCUT2D eigenvalue weighted by Gasteiger charge is 2.48. The summed E-state index contributed by atoms with van der Waals surface area (Å²) in [7, 11) is 0. The largest absolute Gasteiger partial charge is 0.465 e. The van der Waals surface area contributed by atoms with Gasteiger partial charge in [-0.25, -0.2) is 4.79 Å². The van der Waals surface area contributed by atoms with Crippen molar-refractivity contribution < 1.29 is 23.9 Å². The first-order valence-electron chi connectivity index (χ1n) is 8.33. The van der Waals surface area contributed by atoms with E-state index in [1.165, 1.54) is 0 Å². The van der Waals surface area contributed by atoms with E-state index in [-0.39, 0.29) is 23.9 Å². The van der Waals surface area contributed by atoms with E-state index in [2.05, 4.69) is 0 Å². The van der Waals surface area contributed by atoms with E-state index in [0.29, 0.717) is 25.9 Å². The molecule has 1 aliphatic heterocycles. The minimum Gasteiger partial charge on any atom is -0.465 e. The van der Waals surface area contributed by atoms with Crippen LogP contribution in [0, 0.1) is 11.3 Å². The van der Waals surface area contributed by atoms with Gasteiger partial charge in [0.05, 0.1) is 6.61 Å². The van der Waals surface area contributed by atoms with Gasteiger partial charge in [-0.05, 0) is 52.4 Å². The Morgan fingerprint density at radius 2 is 2.00 bits per heavy atom. The standard InChI is InChI=1S/C17H27NO5/c1-5-22-14(20)12-10-17(7-6-13(12)19)8-9-18(11-17)15(21)23-16(2,3)4/h12H,5-11H2,1-4H3. The number of amides is 1. The lowest BCUT2D eigenvalue weighted by atomic mass is 9.68. The second-order valence-corrected chi connectivity index (χ2v) is 7.63. The van der Waals surface area contributed by atoms with E-state index in [4.69, 9.17) is 9.47 Å². The smallest absolute Gasteiger partial charge is 0.410 e. The van der Waals surface area contributed by atoms with Crippen molar-refractivity contribution in [3.63, 3.8) is 0 Å². The third-order valence-electron chi connectivity index (χ3n) is 4.59. The highest BCUT2D eigenvalue weighted by Crippen LogP contribution is 2.45. The van der Waals surface area contributed by atoms with Gasteiger partial charge >= 0.3 is 12.1 Å². The fourth-order valence-electron chi connectivity index (χ4n) is 3.46. The molecule has 2 rings (SSSR count). The van der Waals surface area contributed by atoms with Crippen molar-refractivity contribution in [3.8, 4) is 0 Å². The molecule has 6 heteroatoms. The number of Topliss-reactive ketones (excluding diaryl/α,β-unsaturated/α-hetero) is 1. The van der Waals surface area contributed by atoms with Crippen LogP contribution < -0.4 is 0 Å². The van der Waals surface area contributed by atoms with Crippen LogP contribution in [0.1, 0.15) is 53.4 Å². The van der Waals surface area contributed by atoms with Crippen molar-refractivity contribution in [1.82, 2.24) is 4.90 Å². The molecule has 2 unspecified atom stereocenters. The molecule has 0 aromatic rings. The number of esters is 1. The van der Waals surface area contributed by atoms with Crippen LogP contribution in [-0.2, 0) is 19.1 Å². The number of carbonyl (C=O) groups excluding carboxylic acids is 3. The molecular formula is C17H27NO5. The molecule has 6 nitrogen and oxygen atoms in total. The van der Waals surface area contributed by atoms with Gasteiger partial charge in [0.1, 0.15) is 17.3 Å². The van der Waals surface area contributed by atoms with Crippen molar-refractivity contribution in [1.29, 1.82) is 0 Å². The second-order valence-electron chi connectivity index (χ2n) is 7.63. The monoisotopic (exact) mass is 325 g/mol. The van der Waals surface area contributed by atoms with Crippen molar-refractivity contribution in [2.45, 2.75) is 59.0 Å². The number of nitrogens with zero attached hydrogens (tertiary/aromatic N) is 1. The molecule has 1 saturated heterocycles. The van der Waals surface area contributed by atoms with Gasteiger partial charge in [-0.15, -0.1) is 0 Å². The van der Waals surface area contributed by atoms with Gasteiger partial charge < -0.3 is 14.4 Å². The second kappa shape index (κ2) is 6.49. The van der Waals surface area contributed by atoms with E-state index < -0.39 is 17.5 Å². The van der Waals surface area contributed by atoms with Crippen LogP contribution in [0.2, 0.25) is 0 Å². The lowest BCUT2D eigenvalue weighted by Gasteiger charge is -2.36. The van der Waals surface area contributed by atoms with Gasteiger partial charge in [0, 0.05) is 19.5 Å². The Hall–Kier alpha value is -1.59. The average molecular weight is 325 g/mol. The summed E-state index contributed by atoms with van der Waals surface area (Å²) in [5.74, 6) is -1.14. The number of carbonyl (C=O) groups is 3. The maximum atomic E-state index is 12.2. The summed E-state index contributed by atoms with van der Waals surface area (Å²) in [6.45, 7) is 8.69. The lowest BCUT2D eigenvalue weighted by molar-refractivity contribution is -0.154. The fourth-order valence-corrected chi connectivity index (χ4v) is 3.46. The highest BCUT2D eigenvalue weighted by atomic mass is 16.6. The molecule has 1 spiro atoms. The number of hydrogen-bond acceptors (Lipinski definition) is 5. The van der Waals surface area contributed by atoms with E-state index >= 15 is 0 Å². The van der Waals surface area contributed by atoms with Gasteiger partial charge in [-0.2, -0.15) is 0 Å². The van der Waals surface area contributed by atoms with Crippen LogP contribution >= 0.6 is 0 Å². The molecule has 1 amide bonds. The summed E-state index contributed by atoms with van der Waals surface area (Å²) < 4.78 is 10.4. The summed E-state index contributed by atoms with van der Waals surface area (Å²) in [6, 6.07) is 0. The predicted octanol–water partition coefficient (Wildman–Crippen LogP) is 2.55. The van der Waals surface area contributed by atoms with E-state index in [0.717, 1.165) is 12.8 Å². The maximum absolute atomic E-state index is 12.2. The first kappa shape index (κ1) is 17.8. The Morgan fingerprint density at radius 3 is 2.61 bits per heavy atom. The zero-order valence-corrected chi connectivity index (χ0v) is 14.5. The van der Waals surface area contributed by atoms with E-state index in [1.54, 1.807) is 11.8 Å². The maximum Gasteiger partial charge on any atom is 0.410 e. The molecule has 2 aliphatic rings. The van der Waals surface area contributed by atoms with Crippen LogP contribution in [0.25, 0.3) is 0 Å². The quantitative estimate of drug-likeness (QED) is 0.576. The minimum atomic E-state index is -0.678. The minimum absolute atomic E-state index is 0.0372. The van der Waals surface area contributed by atoms with Crippen LogP contribution in [0.4, 0.5) is 4.79 Å². The van der Waals surface area contributed by atoms with Crippen LogP contribution in [0.15, 0.2) is 0 Å². The first-order valence-corrected chi connectivity index (χ1v) is 8.33. The normalized spacial score (nSPS) is 28.1. The van der Waals surface area contributed by atoms with Crippen molar-refractivity contribution in [2.75, 3.05) is 19.7 Å².